The van der Waals surface area contributed by atoms with Gasteiger partial charge < -0.3 is 15.0 Å². The molecule has 0 bridgehead atoms. The van der Waals surface area contributed by atoms with Crippen LogP contribution in [0.4, 0.5) is 5.69 Å². The molecule has 0 fully saturated rings. The predicted octanol–water partition coefficient (Wildman–Crippen LogP) is 3.75. The third kappa shape index (κ3) is 6.89. The Morgan fingerprint density at radius 2 is 1.57 bits per heavy atom. The standard InChI is InChI=1S/C28H33N3O5S/c1-5-29-28(33)22(3)30(19-23-9-7-6-8-10-23)27(32)20-31(24-13-11-21(2)12-14-24)37(34,35)26-17-15-25(36-4)16-18-26/h6-18,22H,5,19-20H2,1-4H3,(H,29,33)/t22-/m1/s1. The number of methoxy groups -OCH3 is 1. The molecule has 3 aromatic rings. The number of ether oxygens (including phenoxy) is 1. The van der Waals surface area contributed by atoms with E-state index in [2.05, 4.69) is 5.32 Å². The Morgan fingerprint density at radius 1 is 0.946 bits per heavy atom. The molecule has 0 aliphatic rings. The van der Waals surface area contributed by atoms with E-state index >= 15 is 0 Å². The lowest BCUT2D eigenvalue weighted by Crippen LogP contribution is -2.51. The van der Waals surface area contributed by atoms with E-state index in [1.54, 1.807) is 50.2 Å². The largest absolute Gasteiger partial charge is 0.497 e. The molecule has 0 heterocycles. The second-order valence-corrected chi connectivity index (χ2v) is 10.5. The molecule has 196 valence electrons. The van der Waals surface area contributed by atoms with Crippen LogP contribution in [0.2, 0.25) is 0 Å². The third-order valence-electron chi connectivity index (χ3n) is 5.96. The lowest BCUT2D eigenvalue weighted by molar-refractivity contribution is -0.139. The number of aryl methyl sites for hydroxylation is 1. The van der Waals surface area contributed by atoms with Crippen LogP contribution < -0.4 is 14.4 Å². The van der Waals surface area contributed by atoms with Crippen molar-refractivity contribution in [1.82, 2.24) is 10.2 Å². The van der Waals surface area contributed by atoms with Crippen molar-refractivity contribution in [3.8, 4) is 5.75 Å². The fourth-order valence-corrected chi connectivity index (χ4v) is 5.21. The number of hydrogen-bond donors (Lipinski definition) is 1. The summed E-state index contributed by atoms with van der Waals surface area (Å²) in [7, 11) is -2.62. The zero-order valence-electron chi connectivity index (χ0n) is 21.5. The average molecular weight is 524 g/mol. The van der Waals surface area contributed by atoms with E-state index in [0.29, 0.717) is 18.0 Å². The Morgan fingerprint density at radius 3 is 2.14 bits per heavy atom. The van der Waals surface area contributed by atoms with Gasteiger partial charge in [-0.1, -0.05) is 48.0 Å². The lowest BCUT2D eigenvalue weighted by Gasteiger charge is -2.32. The molecular formula is C28H33N3O5S. The monoisotopic (exact) mass is 523 g/mol. The molecule has 0 aromatic heterocycles. The molecule has 2 amide bonds. The summed E-state index contributed by atoms with van der Waals surface area (Å²) < 4.78 is 33.8. The highest BCUT2D eigenvalue weighted by Crippen LogP contribution is 2.26. The third-order valence-corrected chi connectivity index (χ3v) is 7.75. The van der Waals surface area contributed by atoms with Crippen LogP contribution in [0.25, 0.3) is 0 Å². The van der Waals surface area contributed by atoms with Crippen LogP contribution >= 0.6 is 0 Å². The van der Waals surface area contributed by atoms with Crippen LogP contribution in [0, 0.1) is 6.92 Å². The molecule has 0 aliphatic carbocycles. The second-order valence-electron chi connectivity index (χ2n) is 8.60. The van der Waals surface area contributed by atoms with Gasteiger partial charge in [0, 0.05) is 13.1 Å². The van der Waals surface area contributed by atoms with Crippen molar-refractivity contribution in [2.75, 3.05) is 24.5 Å². The van der Waals surface area contributed by atoms with E-state index in [-0.39, 0.29) is 17.3 Å². The highest BCUT2D eigenvalue weighted by Gasteiger charge is 2.32. The summed E-state index contributed by atoms with van der Waals surface area (Å²) >= 11 is 0. The minimum atomic E-state index is -4.12. The molecule has 0 unspecified atom stereocenters. The van der Waals surface area contributed by atoms with Crippen molar-refractivity contribution in [3.05, 3.63) is 90.0 Å². The Balaban J connectivity index is 2.01. The van der Waals surface area contributed by atoms with E-state index in [9.17, 15) is 18.0 Å². The van der Waals surface area contributed by atoms with Gasteiger partial charge in [-0.15, -0.1) is 0 Å². The minimum absolute atomic E-state index is 0.0214. The molecule has 0 saturated heterocycles. The van der Waals surface area contributed by atoms with Gasteiger partial charge >= 0.3 is 0 Å². The number of benzene rings is 3. The second kappa shape index (κ2) is 12.4. The first kappa shape index (κ1) is 27.7. The van der Waals surface area contributed by atoms with Crippen LogP contribution in [0.5, 0.6) is 5.75 Å². The highest BCUT2D eigenvalue weighted by molar-refractivity contribution is 7.92. The number of nitrogens with one attached hydrogen (secondary N) is 1. The Labute approximate surface area is 218 Å². The lowest BCUT2D eigenvalue weighted by atomic mass is 10.1. The van der Waals surface area contributed by atoms with Crippen LogP contribution in [0.1, 0.15) is 25.0 Å². The number of anilines is 1. The normalized spacial score (nSPS) is 11.9. The van der Waals surface area contributed by atoms with E-state index in [0.717, 1.165) is 15.4 Å². The number of likely N-dealkylation sites (N-methyl/N-ethyl adjacent to an activating group) is 1. The predicted molar refractivity (Wildman–Crippen MR) is 144 cm³/mol. The van der Waals surface area contributed by atoms with Crippen LogP contribution in [-0.2, 0) is 26.2 Å². The molecular weight excluding hydrogens is 490 g/mol. The SMILES string of the molecule is CCNC(=O)[C@@H](C)N(Cc1ccccc1)C(=O)CN(c1ccc(C)cc1)S(=O)(=O)c1ccc(OC)cc1. The summed E-state index contributed by atoms with van der Waals surface area (Å²) in [6.45, 7) is 5.43. The van der Waals surface area contributed by atoms with Gasteiger partial charge in [0.25, 0.3) is 10.0 Å². The van der Waals surface area contributed by atoms with Gasteiger partial charge in [0.2, 0.25) is 11.8 Å². The number of sulfonamides is 1. The van der Waals surface area contributed by atoms with Crippen molar-refractivity contribution in [1.29, 1.82) is 0 Å². The zero-order valence-corrected chi connectivity index (χ0v) is 22.4. The van der Waals surface area contributed by atoms with Gasteiger partial charge in [0.1, 0.15) is 18.3 Å². The maximum atomic E-state index is 13.8. The molecule has 37 heavy (non-hydrogen) atoms. The Bertz CT molecular complexity index is 1290. The van der Waals surface area contributed by atoms with Crippen molar-refractivity contribution >= 4 is 27.5 Å². The molecule has 8 nitrogen and oxygen atoms in total. The molecule has 3 rings (SSSR count). The number of carbonyl (C=O) groups is 2. The average Bonchev–Trinajstić information content (AvgIpc) is 2.91. The summed E-state index contributed by atoms with van der Waals surface area (Å²) in [4.78, 5) is 27.9. The molecule has 0 radical (unpaired) electrons. The fraction of sp³-hybridized carbons (Fsp3) is 0.286. The van der Waals surface area contributed by atoms with Gasteiger partial charge in [-0.2, -0.15) is 0 Å². The maximum absolute atomic E-state index is 13.8. The van der Waals surface area contributed by atoms with E-state index in [4.69, 9.17) is 4.74 Å². The van der Waals surface area contributed by atoms with Crippen molar-refractivity contribution in [2.45, 2.75) is 38.3 Å². The Hall–Kier alpha value is -3.85. The number of amides is 2. The molecule has 0 spiro atoms. The minimum Gasteiger partial charge on any atom is -0.497 e. The van der Waals surface area contributed by atoms with Crippen molar-refractivity contribution in [3.63, 3.8) is 0 Å². The number of nitrogens with zero attached hydrogens (tertiary/aromatic N) is 2. The maximum Gasteiger partial charge on any atom is 0.264 e. The zero-order chi connectivity index (χ0) is 27.0. The van der Waals surface area contributed by atoms with Crippen LogP contribution in [-0.4, -0.2) is 51.4 Å². The molecule has 1 atom stereocenters. The van der Waals surface area contributed by atoms with Gasteiger partial charge in [0.05, 0.1) is 17.7 Å². The van der Waals surface area contributed by atoms with Gasteiger partial charge in [-0.3, -0.25) is 13.9 Å². The van der Waals surface area contributed by atoms with E-state index in [1.165, 1.54) is 24.1 Å². The highest BCUT2D eigenvalue weighted by atomic mass is 32.2. The molecule has 0 saturated carbocycles. The number of rotatable bonds is 11. The topological polar surface area (TPSA) is 96.0 Å². The van der Waals surface area contributed by atoms with Crippen molar-refractivity contribution in [2.24, 2.45) is 0 Å². The molecule has 0 aliphatic heterocycles. The van der Waals surface area contributed by atoms with Crippen LogP contribution in [0.3, 0.4) is 0 Å². The van der Waals surface area contributed by atoms with Gasteiger partial charge in [-0.25, -0.2) is 8.42 Å². The summed E-state index contributed by atoms with van der Waals surface area (Å²) in [6, 6.07) is 21.4. The molecule has 9 heteroatoms. The summed E-state index contributed by atoms with van der Waals surface area (Å²) in [5.74, 6) is -0.298. The van der Waals surface area contributed by atoms with Crippen LogP contribution in [0.15, 0.2) is 83.8 Å². The summed E-state index contributed by atoms with van der Waals surface area (Å²) in [5, 5.41) is 2.75. The fourth-order valence-electron chi connectivity index (χ4n) is 3.80. The first-order valence-corrected chi connectivity index (χ1v) is 13.5. The first-order valence-electron chi connectivity index (χ1n) is 12.0. The quantitative estimate of drug-likeness (QED) is 0.413. The number of hydrogen-bond acceptors (Lipinski definition) is 5. The van der Waals surface area contributed by atoms with E-state index < -0.39 is 28.5 Å². The summed E-state index contributed by atoms with van der Waals surface area (Å²) in [6.07, 6.45) is 0. The number of carbonyl (C=O) groups excluding carboxylic acids is 2. The van der Waals surface area contributed by atoms with Gasteiger partial charge in [-0.05, 0) is 62.7 Å². The Kier molecular flexibility index (Phi) is 9.30. The first-order chi connectivity index (χ1) is 17.7. The smallest absolute Gasteiger partial charge is 0.264 e. The molecule has 1 N–H and O–H groups in total. The van der Waals surface area contributed by atoms with E-state index in [1.807, 2.05) is 37.3 Å². The van der Waals surface area contributed by atoms with Crippen molar-refractivity contribution < 1.29 is 22.7 Å². The van der Waals surface area contributed by atoms with Gasteiger partial charge in [0.15, 0.2) is 0 Å². The summed E-state index contributed by atoms with van der Waals surface area (Å²) in [5.41, 5.74) is 2.12. The molecule has 3 aromatic carbocycles.